The summed E-state index contributed by atoms with van der Waals surface area (Å²) < 4.78 is 6.83. The lowest BCUT2D eigenvalue weighted by Gasteiger charge is -2.14. The summed E-state index contributed by atoms with van der Waals surface area (Å²) in [5.74, 6) is 0. The molecule has 3 heterocycles. The second kappa shape index (κ2) is 5.26. The van der Waals surface area contributed by atoms with E-state index in [1.807, 2.05) is 6.26 Å². The third-order valence-corrected chi connectivity index (χ3v) is 3.98. The van der Waals surface area contributed by atoms with Gasteiger partial charge in [0.1, 0.15) is 29.7 Å². The summed E-state index contributed by atoms with van der Waals surface area (Å²) in [6.07, 6.45) is 0.991. The van der Waals surface area contributed by atoms with E-state index in [4.69, 9.17) is 9.84 Å². The highest BCUT2D eigenvalue weighted by atomic mass is 32.2. The average Bonchev–Trinajstić information content (AvgIpc) is 3.01. The Balaban J connectivity index is 1.99. The van der Waals surface area contributed by atoms with Crippen molar-refractivity contribution in [2.24, 2.45) is 0 Å². The number of fused-ring (bicyclic) bond motifs is 1. The molecule has 0 radical (unpaired) electrons. The number of ether oxygens (including phenoxy) is 1. The topological polar surface area (TPSA) is 114 Å². The summed E-state index contributed by atoms with van der Waals surface area (Å²) in [5, 5.41) is 34.6. The predicted octanol–water partition coefficient (Wildman–Crippen LogP) is -0.840. The summed E-state index contributed by atoms with van der Waals surface area (Å²) in [4.78, 5) is 8.20. The first-order chi connectivity index (χ1) is 9.65. The normalized spacial score (nSPS) is 30.2. The zero-order chi connectivity index (χ0) is 14.3. The third-order valence-electron chi connectivity index (χ3n) is 3.27. The lowest BCUT2D eigenvalue weighted by Crippen LogP contribution is -2.33. The monoisotopic (exact) mass is 298 g/mol. The van der Waals surface area contributed by atoms with Crippen LogP contribution in [-0.2, 0) is 4.74 Å². The Morgan fingerprint density at radius 3 is 2.80 bits per heavy atom. The molecule has 0 spiro atoms. The van der Waals surface area contributed by atoms with Gasteiger partial charge in [-0.05, 0) is 6.26 Å². The minimum atomic E-state index is -1.16. The van der Waals surface area contributed by atoms with Gasteiger partial charge in [0.05, 0.1) is 12.0 Å². The van der Waals surface area contributed by atoms with Crippen LogP contribution >= 0.6 is 11.8 Å². The molecule has 0 bridgehead atoms. The molecule has 0 aliphatic carbocycles. The summed E-state index contributed by atoms with van der Waals surface area (Å²) in [6.45, 7) is -0.370. The molecule has 0 aromatic carbocycles. The maximum atomic E-state index is 9.98. The van der Waals surface area contributed by atoms with Crippen molar-refractivity contribution in [3.8, 4) is 0 Å². The van der Waals surface area contributed by atoms with Crippen LogP contribution < -0.4 is 0 Å². The van der Waals surface area contributed by atoms with Crippen molar-refractivity contribution < 1.29 is 20.1 Å². The van der Waals surface area contributed by atoms with Crippen LogP contribution in [0.25, 0.3) is 11.0 Å². The summed E-state index contributed by atoms with van der Waals surface area (Å²) in [7, 11) is 0. The first-order valence-electron chi connectivity index (χ1n) is 6.02. The fourth-order valence-electron chi connectivity index (χ4n) is 2.23. The van der Waals surface area contributed by atoms with Crippen LogP contribution in [0.3, 0.4) is 0 Å². The number of hydrogen-bond acceptors (Lipinski definition) is 8. The van der Waals surface area contributed by atoms with Crippen LogP contribution in [0.5, 0.6) is 0 Å². The predicted molar refractivity (Wildman–Crippen MR) is 70.1 cm³/mol. The molecule has 108 valence electrons. The zero-order valence-electron chi connectivity index (χ0n) is 10.6. The zero-order valence-corrected chi connectivity index (χ0v) is 11.4. The van der Waals surface area contributed by atoms with Crippen molar-refractivity contribution in [1.82, 2.24) is 19.7 Å². The number of hydrogen-bond donors (Lipinski definition) is 3. The molecular weight excluding hydrogens is 284 g/mol. The molecule has 4 atom stereocenters. The Morgan fingerprint density at radius 1 is 1.35 bits per heavy atom. The van der Waals surface area contributed by atoms with Crippen LogP contribution in [0.2, 0.25) is 0 Å². The minimum Gasteiger partial charge on any atom is -0.394 e. The average molecular weight is 298 g/mol. The molecule has 2 aromatic heterocycles. The van der Waals surface area contributed by atoms with Gasteiger partial charge >= 0.3 is 0 Å². The largest absolute Gasteiger partial charge is 0.394 e. The van der Waals surface area contributed by atoms with E-state index in [9.17, 15) is 10.2 Å². The number of rotatable bonds is 3. The van der Waals surface area contributed by atoms with Gasteiger partial charge in [0.15, 0.2) is 11.9 Å². The molecule has 3 N–H and O–H groups in total. The van der Waals surface area contributed by atoms with Gasteiger partial charge in [-0.15, -0.1) is 16.9 Å². The van der Waals surface area contributed by atoms with E-state index in [2.05, 4.69) is 15.1 Å². The summed E-state index contributed by atoms with van der Waals surface area (Å²) in [5.41, 5.74) is 0.488. The highest BCUT2D eigenvalue weighted by molar-refractivity contribution is 7.98. The van der Waals surface area contributed by atoms with E-state index in [1.54, 1.807) is 6.20 Å². The fraction of sp³-hybridized carbons (Fsp3) is 0.545. The number of aliphatic hydroxyl groups excluding tert-OH is 3. The molecule has 8 nitrogen and oxygen atoms in total. The van der Waals surface area contributed by atoms with Crippen molar-refractivity contribution in [2.45, 2.75) is 29.6 Å². The van der Waals surface area contributed by atoms with E-state index in [1.165, 1.54) is 22.8 Å². The molecule has 1 aliphatic rings. The molecule has 20 heavy (non-hydrogen) atoms. The lowest BCUT2D eigenvalue weighted by atomic mass is 10.1. The molecule has 3 rings (SSSR count). The van der Waals surface area contributed by atoms with Crippen LogP contribution in [0.15, 0.2) is 17.6 Å². The summed E-state index contributed by atoms with van der Waals surface area (Å²) >= 11 is 1.46. The molecule has 2 aromatic rings. The maximum Gasteiger partial charge on any atom is 0.185 e. The summed E-state index contributed by atoms with van der Waals surface area (Å²) in [6, 6.07) is 0. The smallest absolute Gasteiger partial charge is 0.185 e. The number of aromatic nitrogens is 4. The quantitative estimate of drug-likeness (QED) is 0.496. The molecule has 0 saturated carbocycles. The van der Waals surface area contributed by atoms with Gasteiger partial charge in [-0.25, -0.2) is 14.6 Å². The van der Waals surface area contributed by atoms with Crippen molar-refractivity contribution in [3.05, 3.63) is 12.5 Å². The van der Waals surface area contributed by atoms with Gasteiger partial charge in [0.2, 0.25) is 0 Å². The second-order valence-corrected chi connectivity index (χ2v) is 5.25. The van der Waals surface area contributed by atoms with Gasteiger partial charge in [0, 0.05) is 6.20 Å². The van der Waals surface area contributed by atoms with E-state index < -0.39 is 24.5 Å². The highest BCUT2D eigenvalue weighted by Gasteiger charge is 2.43. The number of nitrogens with zero attached hydrogens (tertiary/aromatic N) is 4. The molecule has 0 amide bonds. The molecular formula is C11H14N4O4S. The Bertz CT molecular complexity index is 621. The Labute approximate surface area is 118 Å². The molecule has 0 unspecified atom stereocenters. The van der Waals surface area contributed by atoms with Crippen molar-refractivity contribution in [2.75, 3.05) is 12.9 Å². The third kappa shape index (κ3) is 2.07. The van der Waals surface area contributed by atoms with Crippen molar-refractivity contribution in [3.63, 3.8) is 0 Å². The highest BCUT2D eigenvalue weighted by Crippen LogP contribution is 2.31. The van der Waals surface area contributed by atoms with E-state index in [0.29, 0.717) is 5.65 Å². The Kier molecular flexibility index (Phi) is 3.61. The van der Waals surface area contributed by atoms with E-state index in [0.717, 1.165) is 10.4 Å². The fourth-order valence-corrected chi connectivity index (χ4v) is 2.74. The molecule has 1 saturated heterocycles. The van der Waals surface area contributed by atoms with E-state index in [-0.39, 0.29) is 6.61 Å². The van der Waals surface area contributed by atoms with Gasteiger partial charge < -0.3 is 20.1 Å². The number of thioether (sulfide) groups is 1. The van der Waals surface area contributed by atoms with Crippen molar-refractivity contribution in [1.29, 1.82) is 0 Å². The first-order valence-corrected chi connectivity index (χ1v) is 7.24. The maximum absolute atomic E-state index is 9.98. The van der Waals surface area contributed by atoms with Gasteiger partial charge in [-0.3, -0.25) is 0 Å². The van der Waals surface area contributed by atoms with E-state index >= 15 is 0 Å². The molecule has 9 heteroatoms. The molecule has 1 fully saturated rings. The lowest BCUT2D eigenvalue weighted by molar-refractivity contribution is -0.0583. The van der Waals surface area contributed by atoms with Crippen LogP contribution in [-0.4, -0.2) is 66.2 Å². The van der Waals surface area contributed by atoms with Crippen LogP contribution in [0.1, 0.15) is 6.23 Å². The van der Waals surface area contributed by atoms with Gasteiger partial charge in [-0.2, -0.15) is 0 Å². The van der Waals surface area contributed by atoms with Crippen molar-refractivity contribution >= 4 is 22.8 Å². The second-order valence-electron chi connectivity index (χ2n) is 4.46. The van der Waals surface area contributed by atoms with Crippen LogP contribution in [0.4, 0.5) is 0 Å². The van der Waals surface area contributed by atoms with Crippen LogP contribution in [0, 0.1) is 0 Å². The first kappa shape index (κ1) is 13.7. The minimum absolute atomic E-state index is 0.370. The Hall–Kier alpha value is -1.26. The SMILES string of the molecule is CSc1ncnc2nn([C@H]3O[C@@H](CO)[C@@H](O)[C@@H]3O)cc12. The molecule has 1 aliphatic heterocycles. The van der Waals surface area contributed by atoms with Gasteiger partial charge in [-0.1, -0.05) is 0 Å². The standard InChI is InChI=1S/C11H14N4O4S/c1-20-10-5-2-15(14-9(5)12-4-13-10)11-8(18)7(17)6(3-16)19-11/h2,4,6-8,11,16-18H,3H2,1H3/t6-,7+,8-,11-/m0/s1. The van der Waals surface area contributed by atoms with Gasteiger partial charge in [0.25, 0.3) is 0 Å². The Morgan fingerprint density at radius 2 is 2.15 bits per heavy atom. The number of aliphatic hydroxyl groups is 3.